The third-order valence-electron chi connectivity index (χ3n) is 6.85. The highest BCUT2D eigenvalue weighted by molar-refractivity contribution is 6.38. The van der Waals surface area contributed by atoms with Gasteiger partial charge in [-0.15, -0.1) is 0 Å². The van der Waals surface area contributed by atoms with Gasteiger partial charge in [0, 0.05) is 41.7 Å². The second-order valence-corrected chi connectivity index (χ2v) is 11.4. The summed E-state index contributed by atoms with van der Waals surface area (Å²) < 4.78 is 0. The number of oxime groups is 3. The minimum atomic E-state index is -0.0945. The number of ketones is 2. The van der Waals surface area contributed by atoms with Crippen molar-refractivity contribution in [2.45, 2.75) is 79.1 Å². The van der Waals surface area contributed by atoms with Crippen molar-refractivity contribution in [1.29, 1.82) is 0 Å². The molecule has 0 fully saturated rings. The molecule has 0 aromatic heterocycles. The Hall–Kier alpha value is -5.54. The average Bonchev–Trinajstić information content (AvgIpc) is 3.17. The van der Waals surface area contributed by atoms with Gasteiger partial charge in [0.25, 0.3) is 0 Å². The second kappa shape index (κ2) is 31.2. The maximum absolute atomic E-state index is 10.9. The van der Waals surface area contributed by atoms with Gasteiger partial charge in [0.1, 0.15) is 62.7 Å². The number of carbonyl (C=O) groups is 7. The maximum Gasteiger partial charge on any atom is 0.177 e. The van der Waals surface area contributed by atoms with Crippen LogP contribution in [-0.2, 0) is 28.9 Å². The van der Waals surface area contributed by atoms with Gasteiger partial charge in [0.2, 0.25) is 0 Å². The van der Waals surface area contributed by atoms with Crippen molar-refractivity contribution < 1.29 is 52.9 Å². The third kappa shape index (κ3) is 25.1. The quantitative estimate of drug-likeness (QED) is 0.0557. The van der Waals surface area contributed by atoms with Crippen LogP contribution in [0.15, 0.2) is 51.9 Å². The SMILES string of the molecule is CC(=O)/C(C)=N/OCCCCCCO/N=C/c1cc(C=O)cc(C=O)c1.CC(=O)/C(C)=N/OCCCCCCON.O=Cc1cc(C=O)cc(C=O)c1. The van der Waals surface area contributed by atoms with Crippen LogP contribution in [0.3, 0.4) is 0 Å². The Bertz CT molecular complexity index is 1450. The molecule has 0 radical (unpaired) electrons. The molecule has 0 heterocycles. The van der Waals surface area contributed by atoms with E-state index in [-0.39, 0.29) is 11.6 Å². The minimum absolute atomic E-state index is 0.0601. The van der Waals surface area contributed by atoms with Crippen LogP contribution in [0.25, 0.3) is 0 Å². The Labute approximate surface area is 309 Å². The molecule has 0 atom stereocenters. The topological polar surface area (TPSA) is 220 Å². The van der Waals surface area contributed by atoms with Crippen molar-refractivity contribution in [3.8, 4) is 0 Å². The molecule has 0 saturated carbocycles. The van der Waals surface area contributed by atoms with Crippen molar-refractivity contribution in [1.82, 2.24) is 0 Å². The zero-order chi connectivity index (χ0) is 39.7. The van der Waals surface area contributed by atoms with Gasteiger partial charge in [-0.05, 0) is 101 Å². The fourth-order valence-electron chi connectivity index (χ4n) is 3.78. The smallest absolute Gasteiger partial charge is 0.177 e. The predicted octanol–water partition coefficient (Wildman–Crippen LogP) is 5.75. The Morgan fingerprint density at radius 3 is 1.09 bits per heavy atom. The summed E-state index contributed by atoms with van der Waals surface area (Å²) in [4.78, 5) is 93.9. The van der Waals surface area contributed by atoms with E-state index in [0.717, 1.165) is 51.4 Å². The molecule has 0 unspecified atom stereocenters. The Kier molecular flexibility index (Phi) is 28.0. The predicted molar refractivity (Wildman–Crippen MR) is 200 cm³/mol. The fraction of sp³-hybridized carbons (Fsp3) is 0.421. The molecule has 0 amide bonds. The molecule has 288 valence electrons. The molecule has 53 heavy (non-hydrogen) atoms. The first-order chi connectivity index (χ1) is 25.5. The second-order valence-electron chi connectivity index (χ2n) is 11.4. The van der Waals surface area contributed by atoms with E-state index in [2.05, 4.69) is 20.3 Å². The van der Waals surface area contributed by atoms with Gasteiger partial charge >= 0.3 is 0 Å². The van der Waals surface area contributed by atoms with E-state index in [1.807, 2.05) is 0 Å². The summed E-state index contributed by atoms with van der Waals surface area (Å²) >= 11 is 0. The van der Waals surface area contributed by atoms with Gasteiger partial charge in [-0.3, -0.25) is 33.6 Å². The van der Waals surface area contributed by atoms with Crippen LogP contribution in [0.1, 0.15) is 136 Å². The van der Waals surface area contributed by atoms with Crippen LogP contribution in [0.4, 0.5) is 0 Å². The van der Waals surface area contributed by atoms with Crippen LogP contribution in [-0.4, -0.2) is 87.1 Å². The molecule has 15 heteroatoms. The zero-order valence-electron chi connectivity index (χ0n) is 30.8. The van der Waals surface area contributed by atoms with Crippen molar-refractivity contribution in [2.24, 2.45) is 21.4 Å². The third-order valence-corrected chi connectivity index (χ3v) is 6.85. The lowest BCUT2D eigenvalue weighted by atomic mass is 10.1. The number of carbonyl (C=O) groups excluding carboxylic acids is 7. The summed E-state index contributed by atoms with van der Waals surface area (Å²) in [6.45, 7) is 8.29. The molecular weight excluding hydrogens is 688 g/mol. The molecule has 2 aromatic carbocycles. The van der Waals surface area contributed by atoms with E-state index in [9.17, 15) is 33.6 Å². The van der Waals surface area contributed by atoms with E-state index >= 15 is 0 Å². The van der Waals surface area contributed by atoms with E-state index in [4.69, 9.17) is 20.4 Å². The molecule has 2 N–H and O–H groups in total. The zero-order valence-corrected chi connectivity index (χ0v) is 30.8. The highest BCUT2D eigenvalue weighted by atomic mass is 16.6. The monoisotopic (exact) mass is 738 g/mol. The molecule has 0 saturated heterocycles. The highest BCUT2D eigenvalue weighted by Gasteiger charge is 2.01. The standard InChI is InChI=1S/C19H24N2O5.C10H20N2O3.C9H6O3/c1-15(16(2)24)21-26-8-6-4-3-5-7-25-20-12-17-9-18(13-22)11-19(10-17)14-23;1-9(10(2)13)12-15-8-6-4-3-5-7-14-11;10-4-7-1-8(5-11)3-9(2-7)6-12/h9-14H,3-8H2,1-2H3;3-8,11H2,1-2H3;1-6H/b20-12+,21-15+;12-9+;. The number of unbranched alkanes of at least 4 members (excludes halogenated alkanes) is 6. The molecule has 0 aliphatic rings. The number of Topliss-reactive ketones (excluding diaryl/α,β-unsaturated/α-hetero) is 2. The maximum atomic E-state index is 10.9. The number of aldehydes is 5. The molecule has 0 aliphatic carbocycles. The lowest BCUT2D eigenvalue weighted by Crippen LogP contribution is -2.05. The lowest BCUT2D eigenvalue weighted by Gasteiger charge is -2.02. The van der Waals surface area contributed by atoms with E-state index in [1.54, 1.807) is 26.0 Å². The van der Waals surface area contributed by atoms with Crippen LogP contribution in [0.5, 0.6) is 0 Å². The van der Waals surface area contributed by atoms with Crippen LogP contribution in [0.2, 0.25) is 0 Å². The van der Waals surface area contributed by atoms with Crippen molar-refractivity contribution in [2.75, 3.05) is 26.4 Å². The molecule has 0 spiro atoms. The molecular formula is C38H50N4O11. The number of nitrogens with zero attached hydrogens (tertiary/aromatic N) is 3. The Morgan fingerprint density at radius 2 is 0.792 bits per heavy atom. The van der Waals surface area contributed by atoms with Crippen molar-refractivity contribution in [3.63, 3.8) is 0 Å². The molecule has 15 nitrogen and oxygen atoms in total. The number of hydrogen-bond acceptors (Lipinski definition) is 15. The van der Waals surface area contributed by atoms with E-state index < -0.39 is 0 Å². The highest BCUT2D eigenvalue weighted by Crippen LogP contribution is 2.07. The minimum Gasteiger partial charge on any atom is -0.396 e. The Balaban J connectivity index is 0.000000845. The fourth-order valence-corrected chi connectivity index (χ4v) is 3.78. The van der Waals surface area contributed by atoms with Gasteiger partial charge < -0.3 is 19.4 Å². The summed E-state index contributed by atoms with van der Waals surface area (Å²) in [6, 6.07) is 9.04. The summed E-state index contributed by atoms with van der Waals surface area (Å²) in [7, 11) is 0. The van der Waals surface area contributed by atoms with Gasteiger partial charge in [-0.2, -0.15) is 0 Å². The van der Waals surface area contributed by atoms with Gasteiger partial charge in [-0.25, -0.2) is 5.90 Å². The normalized spacial score (nSPS) is 10.9. The molecule has 2 rings (SSSR count). The Morgan fingerprint density at radius 1 is 0.491 bits per heavy atom. The van der Waals surface area contributed by atoms with Crippen LogP contribution in [0, 0.1) is 0 Å². The average molecular weight is 739 g/mol. The summed E-state index contributed by atoms with van der Waals surface area (Å²) in [6.07, 6.45) is 12.3. The van der Waals surface area contributed by atoms with Crippen molar-refractivity contribution in [3.05, 3.63) is 69.8 Å². The molecule has 0 aliphatic heterocycles. The summed E-state index contributed by atoms with van der Waals surface area (Å²) in [5.74, 6) is 4.72. The summed E-state index contributed by atoms with van der Waals surface area (Å²) in [5, 5.41) is 11.2. The first-order valence-electron chi connectivity index (χ1n) is 16.9. The van der Waals surface area contributed by atoms with E-state index in [0.29, 0.717) is 103 Å². The number of nitrogens with two attached hydrogens (primary N) is 1. The molecule has 2 aromatic rings. The number of rotatable bonds is 25. The van der Waals surface area contributed by atoms with Gasteiger partial charge in [0.05, 0.1) is 12.8 Å². The first kappa shape index (κ1) is 47.5. The number of benzene rings is 2. The lowest BCUT2D eigenvalue weighted by molar-refractivity contribution is -0.112. The molecule has 0 bridgehead atoms. The number of hydrogen-bond donors (Lipinski definition) is 1. The van der Waals surface area contributed by atoms with Crippen LogP contribution >= 0.6 is 0 Å². The largest absolute Gasteiger partial charge is 0.396 e. The van der Waals surface area contributed by atoms with E-state index in [1.165, 1.54) is 44.3 Å². The first-order valence-corrected chi connectivity index (χ1v) is 16.9. The van der Waals surface area contributed by atoms with Gasteiger partial charge in [-0.1, -0.05) is 21.9 Å². The van der Waals surface area contributed by atoms with Crippen LogP contribution < -0.4 is 5.90 Å². The summed E-state index contributed by atoms with van der Waals surface area (Å²) in [5.41, 5.74) is 3.25. The van der Waals surface area contributed by atoms with Crippen molar-refractivity contribution >= 4 is 60.6 Å². The van der Waals surface area contributed by atoms with Gasteiger partial charge in [0.15, 0.2) is 11.6 Å².